The lowest BCUT2D eigenvalue weighted by atomic mass is 10.0. The number of aromatic nitrogens is 3. The van der Waals surface area contributed by atoms with Gasteiger partial charge in [-0.15, -0.1) is 0 Å². The minimum Gasteiger partial charge on any atom is -0.414 e. The second-order valence-corrected chi connectivity index (χ2v) is 18.8. The summed E-state index contributed by atoms with van der Waals surface area (Å²) in [5, 5.41) is 9.98. The van der Waals surface area contributed by atoms with Crippen molar-refractivity contribution in [3.63, 3.8) is 0 Å². The molecule has 3 aromatic rings. The van der Waals surface area contributed by atoms with Crippen LogP contribution < -0.4 is 15.2 Å². The molecule has 4 atom stereocenters. The van der Waals surface area contributed by atoms with Crippen molar-refractivity contribution in [3.05, 3.63) is 54.0 Å². The third kappa shape index (κ3) is 6.07. The number of benzene rings is 1. The molecule has 212 valence electrons. The molecular weight excluding hydrogens is 529 g/mol. The normalized spacial score (nSPS) is 23.8. The van der Waals surface area contributed by atoms with Crippen LogP contribution in [0.1, 0.15) is 69.7 Å². The number of nitrogens with two attached hydrogens (primary N) is 1. The Balaban J connectivity index is 1.38. The largest absolute Gasteiger partial charge is 0.414 e. The third-order valence-corrected chi connectivity index (χ3v) is 14.1. The SMILES string of the molecule is CC(C)(C)[Si](C)(C)O[C@H]1C[C@H](n2ccc3c(N[C@H]4CCc5ccccc54)ncnc32)C[C@@H]1CCNS(N)(=O)=O. The number of nitrogens with one attached hydrogen (secondary N) is 2. The van der Waals surface area contributed by atoms with Gasteiger partial charge in [-0.05, 0) is 73.3 Å². The fourth-order valence-electron chi connectivity index (χ4n) is 5.93. The topological polar surface area (TPSA) is 124 Å². The Morgan fingerprint density at radius 3 is 2.67 bits per heavy atom. The van der Waals surface area contributed by atoms with Crippen LogP contribution in [0.2, 0.25) is 18.1 Å². The standard InChI is InChI=1S/C28H42N6O3SSi/c1-28(2,3)39(4,5)37-25-17-21(16-20(25)12-14-32-38(29,35)36)34-15-13-23-26(30-18-31-27(23)34)33-24-11-10-19-8-6-7-9-22(19)24/h6-9,13,15,18,20-21,24-25,32H,10-12,14,16-17H2,1-5H3,(H2,29,35,36)(H,30,31,33)/t20-,21+,24-,25-/m0/s1. The van der Waals surface area contributed by atoms with Gasteiger partial charge in [-0.25, -0.2) is 19.8 Å². The van der Waals surface area contributed by atoms with Gasteiger partial charge < -0.3 is 14.3 Å². The average molecular weight is 571 g/mol. The molecule has 0 bridgehead atoms. The summed E-state index contributed by atoms with van der Waals surface area (Å²) in [7, 11) is -5.74. The van der Waals surface area contributed by atoms with Gasteiger partial charge in [0, 0.05) is 24.9 Å². The predicted octanol–water partition coefficient (Wildman–Crippen LogP) is 5.06. The molecule has 39 heavy (non-hydrogen) atoms. The van der Waals surface area contributed by atoms with Crippen molar-refractivity contribution in [2.75, 3.05) is 11.9 Å². The van der Waals surface area contributed by atoms with Crippen LogP contribution in [0.3, 0.4) is 0 Å². The van der Waals surface area contributed by atoms with E-state index in [4.69, 9.17) is 14.5 Å². The van der Waals surface area contributed by atoms with E-state index in [2.05, 4.69) is 90.0 Å². The van der Waals surface area contributed by atoms with Crippen LogP contribution in [-0.4, -0.2) is 43.9 Å². The van der Waals surface area contributed by atoms with E-state index in [1.54, 1.807) is 6.33 Å². The fourth-order valence-corrected chi connectivity index (χ4v) is 7.73. The molecule has 0 amide bonds. The number of aryl methyl sites for hydroxylation is 1. The smallest absolute Gasteiger partial charge is 0.274 e. The molecule has 11 heteroatoms. The van der Waals surface area contributed by atoms with Crippen molar-refractivity contribution < 1.29 is 12.8 Å². The van der Waals surface area contributed by atoms with Gasteiger partial charge in [0.05, 0.1) is 11.4 Å². The quantitative estimate of drug-likeness (QED) is 0.309. The molecule has 9 nitrogen and oxygen atoms in total. The molecule has 1 aromatic carbocycles. The van der Waals surface area contributed by atoms with Gasteiger partial charge in [0.15, 0.2) is 8.32 Å². The first kappa shape index (κ1) is 28.2. The molecule has 2 aliphatic rings. The molecule has 0 saturated heterocycles. The van der Waals surface area contributed by atoms with Crippen molar-refractivity contribution in [3.8, 4) is 0 Å². The Kier molecular flexibility index (Phi) is 7.66. The zero-order valence-corrected chi connectivity index (χ0v) is 25.5. The molecule has 0 radical (unpaired) electrons. The van der Waals surface area contributed by atoms with E-state index < -0.39 is 18.5 Å². The highest BCUT2D eigenvalue weighted by Gasteiger charge is 2.44. The van der Waals surface area contributed by atoms with Crippen molar-refractivity contribution in [1.82, 2.24) is 19.3 Å². The van der Waals surface area contributed by atoms with Crippen molar-refractivity contribution >= 4 is 35.4 Å². The van der Waals surface area contributed by atoms with Crippen molar-refractivity contribution in [2.24, 2.45) is 11.1 Å². The molecule has 0 aliphatic heterocycles. The van der Waals surface area contributed by atoms with Crippen LogP contribution in [0.15, 0.2) is 42.9 Å². The monoisotopic (exact) mass is 570 g/mol. The zero-order valence-electron chi connectivity index (χ0n) is 23.6. The Labute approximate surface area is 233 Å². The molecular formula is C28H42N6O3SSi. The molecule has 0 spiro atoms. The van der Waals surface area contributed by atoms with Gasteiger partial charge in [0.25, 0.3) is 10.2 Å². The Hall–Kier alpha value is -2.31. The summed E-state index contributed by atoms with van der Waals surface area (Å²) in [5.74, 6) is 1.08. The van der Waals surface area contributed by atoms with Crippen LogP contribution in [0.4, 0.5) is 5.82 Å². The molecule has 0 unspecified atom stereocenters. The highest BCUT2D eigenvalue weighted by Crippen LogP contribution is 2.45. The predicted molar refractivity (Wildman–Crippen MR) is 158 cm³/mol. The maximum absolute atomic E-state index is 11.5. The molecule has 1 saturated carbocycles. The summed E-state index contributed by atoms with van der Waals surface area (Å²) in [4.78, 5) is 9.32. The van der Waals surface area contributed by atoms with E-state index in [0.717, 1.165) is 42.5 Å². The lowest BCUT2D eigenvalue weighted by molar-refractivity contribution is 0.135. The number of anilines is 1. The van der Waals surface area contributed by atoms with Crippen LogP contribution in [0.25, 0.3) is 11.0 Å². The minimum absolute atomic E-state index is 0.0463. The third-order valence-electron chi connectivity index (χ3n) is 9.02. The summed E-state index contributed by atoms with van der Waals surface area (Å²) < 4.78 is 34.6. The summed E-state index contributed by atoms with van der Waals surface area (Å²) >= 11 is 0. The molecule has 2 aromatic heterocycles. The lowest BCUT2D eigenvalue weighted by Gasteiger charge is -2.40. The molecule has 1 fully saturated rings. The first-order valence-corrected chi connectivity index (χ1v) is 18.4. The van der Waals surface area contributed by atoms with Crippen LogP contribution in [-0.2, 0) is 21.1 Å². The highest BCUT2D eigenvalue weighted by atomic mass is 32.2. The Morgan fingerprint density at radius 1 is 1.15 bits per heavy atom. The van der Waals surface area contributed by atoms with E-state index >= 15 is 0 Å². The first-order valence-electron chi connectivity index (χ1n) is 13.9. The molecule has 5 rings (SSSR count). The van der Waals surface area contributed by atoms with E-state index in [-0.39, 0.29) is 29.1 Å². The van der Waals surface area contributed by atoms with Crippen molar-refractivity contribution in [1.29, 1.82) is 0 Å². The van der Waals surface area contributed by atoms with E-state index in [1.165, 1.54) is 11.1 Å². The van der Waals surface area contributed by atoms with Crippen LogP contribution >= 0.6 is 0 Å². The van der Waals surface area contributed by atoms with Gasteiger partial charge in [-0.1, -0.05) is 45.0 Å². The zero-order chi connectivity index (χ0) is 28.0. The number of hydrogen-bond donors (Lipinski definition) is 3. The minimum atomic E-state index is -3.72. The van der Waals surface area contributed by atoms with Gasteiger partial charge >= 0.3 is 0 Å². The van der Waals surface area contributed by atoms with E-state index in [9.17, 15) is 8.42 Å². The Morgan fingerprint density at radius 2 is 1.92 bits per heavy atom. The molecule has 4 N–H and O–H groups in total. The molecule has 2 aliphatic carbocycles. The van der Waals surface area contributed by atoms with Crippen molar-refractivity contribution in [2.45, 2.75) is 89.2 Å². The number of nitrogens with zero attached hydrogens (tertiary/aromatic N) is 3. The van der Waals surface area contributed by atoms with E-state index in [1.807, 2.05) is 0 Å². The number of fused-ring (bicyclic) bond motifs is 2. The van der Waals surface area contributed by atoms with Gasteiger partial charge in [0.1, 0.15) is 17.8 Å². The highest BCUT2D eigenvalue weighted by molar-refractivity contribution is 7.87. The van der Waals surface area contributed by atoms with Crippen LogP contribution in [0, 0.1) is 5.92 Å². The second kappa shape index (κ2) is 10.6. The number of hydrogen-bond acceptors (Lipinski definition) is 6. The van der Waals surface area contributed by atoms with Gasteiger partial charge in [0.2, 0.25) is 0 Å². The summed E-state index contributed by atoms with van der Waals surface area (Å²) in [5.41, 5.74) is 3.67. The molecule has 2 heterocycles. The van der Waals surface area contributed by atoms with E-state index in [0.29, 0.717) is 13.0 Å². The van der Waals surface area contributed by atoms with Gasteiger partial charge in [-0.2, -0.15) is 8.42 Å². The summed E-state index contributed by atoms with van der Waals surface area (Å²) in [6, 6.07) is 11.2. The maximum atomic E-state index is 11.5. The van der Waals surface area contributed by atoms with Gasteiger partial charge in [-0.3, -0.25) is 0 Å². The lowest BCUT2D eigenvalue weighted by Crippen LogP contribution is -2.45. The summed E-state index contributed by atoms with van der Waals surface area (Å²) in [6.07, 6.45) is 8.35. The second-order valence-electron chi connectivity index (χ2n) is 12.6. The number of rotatable bonds is 9. The fraction of sp³-hybridized carbons (Fsp3) is 0.571. The maximum Gasteiger partial charge on any atom is 0.274 e. The summed E-state index contributed by atoms with van der Waals surface area (Å²) in [6.45, 7) is 11.6. The van der Waals surface area contributed by atoms with Crippen LogP contribution in [0.5, 0.6) is 0 Å². The Bertz CT molecular complexity index is 1430. The first-order chi connectivity index (χ1) is 18.3. The average Bonchev–Trinajstić information content (AvgIpc) is 3.55.